The molecular weight excluding hydrogens is 396 g/mol. The molecular formula is C17H20BrClN2O3. The minimum Gasteiger partial charge on any atom is -0.487 e. The van der Waals surface area contributed by atoms with Gasteiger partial charge in [-0.05, 0) is 44.9 Å². The standard InChI is InChI=1S/C17H20BrClN2O3/c1-16(2)10-17(12-9-11(19)5-6-13(12)24-16)14(22)21(15(23)20-17)8-4-3-7-18/h5-6,9H,3-4,7-8,10H2,1-2H3,(H,20,23). The number of rotatable bonds is 4. The zero-order chi connectivity index (χ0) is 17.5. The molecule has 1 N–H and O–H groups in total. The summed E-state index contributed by atoms with van der Waals surface area (Å²) in [5, 5.41) is 4.28. The lowest BCUT2D eigenvalue weighted by Gasteiger charge is -2.42. The molecule has 1 unspecified atom stereocenters. The van der Waals surface area contributed by atoms with Gasteiger partial charge in [0, 0.05) is 28.9 Å². The molecule has 1 aromatic rings. The summed E-state index contributed by atoms with van der Waals surface area (Å²) in [6.45, 7) is 4.24. The van der Waals surface area contributed by atoms with Gasteiger partial charge in [0.25, 0.3) is 5.91 Å². The Morgan fingerprint density at radius 3 is 2.79 bits per heavy atom. The number of fused-ring (bicyclic) bond motifs is 2. The normalized spacial score (nSPS) is 24.8. The van der Waals surface area contributed by atoms with Crippen LogP contribution < -0.4 is 10.1 Å². The molecule has 130 valence electrons. The lowest BCUT2D eigenvalue weighted by molar-refractivity contribution is -0.134. The second-order valence-corrected chi connectivity index (χ2v) is 8.10. The van der Waals surface area contributed by atoms with E-state index >= 15 is 0 Å². The van der Waals surface area contributed by atoms with Gasteiger partial charge in [0.2, 0.25) is 0 Å². The molecule has 2 heterocycles. The van der Waals surface area contributed by atoms with E-state index in [2.05, 4.69) is 21.2 Å². The van der Waals surface area contributed by atoms with Crippen molar-refractivity contribution in [3.63, 3.8) is 0 Å². The van der Waals surface area contributed by atoms with Crippen molar-refractivity contribution in [2.75, 3.05) is 11.9 Å². The lowest BCUT2D eigenvalue weighted by Crippen LogP contribution is -2.53. The van der Waals surface area contributed by atoms with Crippen LogP contribution in [0.15, 0.2) is 18.2 Å². The zero-order valence-electron chi connectivity index (χ0n) is 13.7. The molecule has 0 aliphatic carbocycles. The fourth-order valence-electron chi connectivity index (χ4n) is 3.49. The maximum atomic E-state index is 13.2. The molecule has 0 aromatic heterocycles. The second-order valence-electron chi connectivity index (χ2n) is 6.87. The van der Waals surface area contributed by atoms with Crippen molar-refractivity contribution in [1.29, 1.82) is 0 Å². The number of carbonyl (C=O) groups is 2. The highest BCUT2D eigenvalue weighted by Gasteiger charge is 2.58. The highest BCUT2D eigenvalue weighted by atomic mass is 79.9. The van der Waals surface area contributed by atoms with Crippen LogP contribution in [-0.4, -0.2) is 34.3 Å². The summed E-state index contributed by atoms with van der Waals surface area (Å²) in [7, 11) is 0. The Balaban J connectivity index is 2.02. The first-order valence-corrected chi connectivity index (χ1v) is 9.48. The first-order chi connectivity index (χ1) is 11.3. The van der Waals surface area contributed by atoms with Gasteiger partial charge in [-0.25, -0.2) is 4.79 Å². The molecule has 2 aliphatic rings. The molecule has 1 atom stereocenters. The van der Waals surface area contributed by atoms with Gasteiger partial charge >= 0.3 is 6.03 Å². The number of hydrogen-bond donors (Lipinski definition) is 1. The van der Waals surface area contributed by atoms with Crippen molar-refractivity contribution in [2.24, 2.45) is 0 Å². The molecule has 7 heteroatoms. The fourth-order valence-corrected chi connectivity index (χ4v) is 4.06. The minimum absolute atomic E-state index is 0.220. The van der Waals surface area contributed by atoms with E-state index in [9.17, 15) is 9.59 Å². The van der Waals surface area contributed by atoms with Gasteiger partial charge in [-0.3, -0.25) is 9.69 Å². The van der Waals surface area contributed by atoms with Crippen LogP contribution in [0.3, 0.4) is 0 Å². The van der Waals surface area contributed by atoms with Crippen LogP contribution in [0.2, 0.25) is 5.02 Å². The summed E-state index contributed by atoms with van der Waals surface area (Å²) >= 11 is 9.50. The highest BCUT2D eigenvalue weighted by Crippen LogP contribution is 2.47. The SMILES string of the molecule is CC1(C)CC2(NC(=O)N(CCCCBr)C2=O)c2cc(Cl)ccc2O1. The number of nitrogens with one attached hydrogen (secondary N) is 1. The zero-order valence-corrected chi connectivity index (χ0v) is 16.0. The van der Waals surface area contributed by atoms with E-state index in [1.807, 2.05) is 13.8 Å². The number of benzene rings is 1. The van der Waals surface area contributed by atoms with E-state index in [1.54, 1.807) is 18.2 Å². The van der Waals surface area contributed by atoms with Crippen molar-refractivity contribution in [2.45, 2.75) is 44.2 Å². The molecule has 3 rings (SSSR count). The number of urea groups is 1. The summed E-state index contributed by atoms with van der Waals surface area (Å²) in [4.78, 5) is 27.0. The number of hydrogen-bond acceptors (Lipinski definition) is 3. The number of carbonyl (C=O) groups excluding carboxylic acids is 2. The third-order valence-corrected chi connectivity index (χ3v) is 5.22. The number of ether oxygens (including phenoxy) is 1. The molecule has 1 fully saturated rings. The molecule has 3 amide bonds. The van der Waals surface area contributed by atoms with Crippen LogP contribution in [0.1, 0.15) is 38.7 Å². The average Bonchev–Trinajstić information content (AvgIpc) is 2.72. The Morgan fingerprint density at radius 1 is 1.33 bits per heavy atom. The van der Waals surface area contributed by atoms with Gasteiger partial charge in [-0.2, -0.15) is 0 Å². The van der Waals surface area contributed by atoms with E-state index in [0.29, 0.717) is 29.3 Å². The van der Waals surface area contributed by atoms with Crippen LogP contribution in [0, 0.1) is 0 Å². The molecule has 24 heavy (non-hydrogen) atoms. The van der Waals surface area contributed by atoms with E-state index < -0.39 is 11.1 Å². The van der Waals surface area contributed by atoms with Crippen molar-refractivity contribution in [3.05, 3.63) is 28.8 Å². The number of unbranched alkanes of at least 4 members (excludes halogenated alkanes) is 1. The van der Waals surface area contributed by atoms with Crippen LogP contribution in [-0.2, 0) is 10.3 Å². The average molecular weight is 416 g/mol. The quantitative estimate of drug-likeness (QED) is 0.462. The summed E-state index contributed by atoms with van der Waals surface area (Å²) in [6, 6.07) is 4.85. The molecule has 0 bridgehead atoms. The number of alkyl halides is 1. The van der Waals surface area contributed by atoms with Crippen molar-refractivity contribution >= 4 is 39.5 Å². The predicted molar refractivity (Wildman–Crippen MR) is 95.7 cm³/mol. The second kappa shape index (κ2) is 6.23. The Kier molecular flexibility index (Phi) is 4.55. The monoisotopic (exact) mass is 414 g/mol. The summed E-state index contributed by atoms with van der Waals surface area (Å²) in [5.74, 6) is 0.369. The van der Waals surface area contributed by atoms with Gasteiger partial charge in [0.05, 0.1) is 0 Å². The number of amides is 3. The Bertz CT molecular complexity index is 694. The lowest BCUT2D eigenvalue weighted by atomic mass is 9.77. The van der Waals surface area contributed by atoms with Gasteiger partial charge in [0.15, 0.2) is 5.54 Å². The Morgan fingerprint density at radius 2 is 2.08 bits per heavy atom. The van der Waals surface area contributed by atoms with Gasteiger partial charge in [-0.1, -0.05) is 27.5 Å². The number of halogens is 2. The molecule has 2 aliphatic heterocycles. The fraction of sp³-hybridized carbons (Fsp3) is 0.529. The van der Waals surface area contributed by atoms with Crippen LogP contribution in [0.4, 0.5) is 4.79 Å². The first kappa shape index (κ1) is 17.5. The summed E-state index contributed by atoms with van der Waals surface area (Å²) < 4.78 is 5.99. The molecule has 5 nitrogen and oxygen atoms in total. The van der Waals surface area contributed by atoms with Gasteiger partial charge < -0.3 is 10.1 Å². The van der Waals surface area contributed by atoms with Gasteiger partial charge in [-0.15, -0.1) is 0 Å². The van der Waals surface area contributed by atoms with Crippen molar-refractivity contribution in [1.82, 2.24) is 10.2 Å². The molecule has 1 aromatic carbocycles. The van der Waals surface area contributed by atoms with Crippen LogP contribution >= 0.6 is 27.5 Å². The third kappa shape index (κ3) is 2.90. The van der Waals surface area contributed by atoms with E-state index in [-0.39, 0.29) is 11.9 Å². The molecule has 1 saturated heterocycles. The molecule has 0 saturated carbocycles. The Hall–Kier alpha value is -1.27. The van der Waals surface area contributed by atoms with Crippen molar-refractivity contribution in [3.8, 4) is 5.75 Å². The Labute approximate surface area is 154 Å². The number of imide groups is 1. The summed E-state index contributed by atoms with van der Waals surface area (Å²) in [5.41, 5.74) is -1.04. The first-order valence-electron chi connectivity index (χ1n) is 7.98. The third-order valence-electron chi connectivity index (χ3n) is 4.42. The van der Waals surface area contributed by atoms with Crippen molar-refractivity contribution < 1.29 is 14.3 Å². The number of nitrogens with zero attached hydrogens (tertiary/aromatic N) is 1. The van der Waals surface area contributed by atoms with E-state index in [1.165, 1.54) is 4.90 Å². The largest absolute Gasteiger partial charge is 0.487 e. The topological polar surface area (TPSA) is 58.6 Å². The van der Waals surface area contributed by atoms with E-state index in [4.69, 9.17) is 16.3 Å². The minimum atomic E-state index is -1.10. The molecule has 0 radical (unpaired) electrons. The van der Waals surface area contributed by atoms with Crippen LogP contribution in [0.25, 0.3) is 0 Å². The highest BCUT2D eigenvalue weighted by molar-refractivity contribution is 9.09. The van der Waals surface area contributed by atoms with Gasteiger partial charge in [0.1, 0.15) is 11.4 Å². The maximum absolute atomic E-state index is 13.2. The van der Waals surface area contributed by atoms with Crippen LogP contribution in [0.5, 0.6) is 5.75 Å². The molecule has 1 spiro atoms. The predicted octanol–water partition coefficient (Wildman–Crippen LogP) is 3.82. The van der Waals surface area contributed by atoms with E-state index in [0.717, 1.165) is 18.2 Å². The maximum Gasteiger partial charge on any atom is 0.325 e. The summed E-state index contributed by atoms with van der Waals surface area (Å²) in [6.07, 6.45) is 2.04. The smallest absolute Gasteiger partial charge is 0.325 e.